The Bertz CT molecular complexity index is 284. The molecule has 0 aromatic rings. The van der Waals surface area contributed by atoms with E-state index in [4.69, 9.17) is 9.05 Å². The molecule has 0 fully saturated rings. The molecule has 15 heavy (non-hydrogen) atoms. The smallest absolute Gasteiger partial charge is 0.391 e. The summed E-state index contributed by atoms with van der Waals surface area (Å²) in [5.74, 6) is 0. The van der Waals surface area contributed by atoms with E-state index in [-0.39, 0.29) is 18.3 Å². The summed E-state index contributed by atoms with van der Waals surface area (Å²) in [4.78, 5) is 0. The highest BCUT2D eigenvalue weighted by Gasteiger charge is 2.53. The molecule has 0 aromatic carbocycles. The lowest BCUT2D eigenvalue weighted by molar-refractivity contribution is -0.827. The third-order valence-corrected chi connectivity index (χ3v) is 5.33. The van der Waals surface area contributed by atoms with E-state index < -0.39 is 12.9 Å². The summed E-state index contributed by atoms with van der Waals surface area (Å²) < 4.78 is 22.8. The zero-order chi connectivity index (χ0) is 11.5. The third kappa shape index (κ3) is 2.17. The standard InChI is InChI=1S/C9H18NO4P/c1-4-13-15(12,14-5-2)9(3)7-6-8-10(9)11/h6,8,10H,4-5,7H2,1-3H3. The molecule has 1 rings (SSSR count). The van der Waals surface area contributed by atoms with Crippen molar-refractivity contribution in [3.05, 3.63) is 17.5 Å². The van der Waals surface area contributed by atoms with Gasteiger partial charge in [0.05, 0.1) is 19.4 Å². The minimum absolute atomic E-state index is 0.173. The molecule has 88 valence electrons. The summed E-state index contributed by atoms with van der Waals surface area (Å²) in [6.07, 6.45) is 3.58. The van der Waals surface area contributed by atoms with E-state index in [1.54, 1.807) is 26.8 Å². The highest BCUT2D eigenvalue weighted by Crippen LogP contribution is 2.59. The average Bonchev–Trinajstić information content (AvgIpc) is 2.49. The van der Waals surface area contributed by atoms with Gasteiger partial charge < -0.3 is 19.3 Å². The number of hydrogen-bond acceptors (Lipinski definition) is 4. The fourth-order valence-corrected chi connectivity index (χ4v) is 3.58. The van der Waals surface area contributed by atoms with Crippen LogP contribution in [0.3, 0.4) is 0 Å². The molecule has 2 unspecified atom stereocenters. The van der Waals surface area contributed by atoms with Gasteiger partial charge >= 0.3 is 7.60 Å². The maximum absolute atomic E-state index is 12.4. The van der Waals surface area contributed by atoms with Gasteiger partial charge in [0.1, 0.15) is 0 Å². The average molecular weight is 235 g/mol. The monoisotopic (exact) mass is 235 g/mol. The first-order valence-corrected chi connectivity index (χ1v) is 6.64. The molecule has 0 aromatic heterocycles. The molecular weight excluding hydrogens is 217 g/mol. The van der Waals surface area contributed by atoms with Crippen LogP contribution in [0.15, 0.2) is 12.3 Å². The lowest BCUT2D eigenvalue weighted by Crippen LogP contribution is -3.09. The Kier molecular flexibility index (Phi) is 4.09. The molecule has 0 aliphatic carbocycles. The fourth-order valence-electron chi connectivity index (χ4n) is 1.58. The molecule has 1 aliphatic rings. The van der Waals surface area contributed by atoms with Crippen LogP contribution >= 0.6 is 7.60 Å². The van der Waals surface area contributed by atoms with E-state index in [0.29, 0.717) is 6.42 Å². The van der Waals surface area contributed by atoms with Gasteiger partial charge in [-0.3, -0.25) is 4.57 Å². The minimum atomic E-state index is -3.35. The third-order valence-electron chi connectivity index (χ3n) is 2.52. The van der Waals surface area contributed by atoms with Gasteiger partial charge in [-0.25, -0.2) is 0 Å². The Hall–Kier alpha value is -0.190. The number of nitrogens with one attached hydrogen (secondary N) is 1. The van der Waals surface area contributed by atoms with E-state index in [1.165, 1.54) is 6.20 Å². The second-order valence-electron chi connectivity index (χ2n) is 3.58. The molecule has 1 aliphatic heterocycles. The Morgan fingerprint density at radius 1 is 1.47 bits per heavy atom. The van der Waals surface area contributed by atoms with Crippen LogP contribution in [0, 0.1) is 5.21 Å². The fraction of sp³-hybridized carbons (Fsp3) is 0.778. The first-order chi connectivity index (χ1) is 7.00. The Balaban J connectivity index is 2.93. The SMILES string of the molecule is CCOP(=O)(OCC)C1(C)CC=C[NH+]1[O-]. The van der Waals surface area contributed by atoms with E-state index >= 15 is 0 Å². The molecule has 0 bridgehead atoms. The lowest BCUT2D eigenvalue weighted by Gasteiger charge is -2.37. The summed E-state index contributed by atoms with van der Waals surface area (Å²) in [6.45, 7) is 5.67. The summed E-state index contributed by atoms with van der Waals surface area (Å²) in [6, 6.07) is 0. The van der Waals surface area contributed by atoms with Crippen molar-refractivity contribution in [2.45, 2.75) is 32.5 Å². The van der Waals surface area contributed by atoms with Crippen molar-refractivity contribution >= 4 is 7.60 Å². The minimum Gasteiger partial charge on any atom is -0.628 e. The van der Waals surface area contributed by atoms with Crippen molar-refractivity contribution < 1.29 is 18.7 Å². The number of quaternary nitrogens is 1. The molecule has 6 heteroatoms. The van der Waals surface area contributed by atoms with Gasteiger partial charge in [-0.15, -0.1) is 0 Å². The predicted molar refractivity (Wildman–Crippen MR) is 57.4 cm³/mol. The zero-order valence-electron chi connectivity index (χ0n) is 9.36. The van der Waals surface area contributed by atoms with E-state index in [0.717, 1.165) is 0 Å². The first-order valence-electron chi connectivity index (χ1n) is 5.10. The van der Waals surface area contributed by atoms with Crippen LogP contribution in [-0.4, -0.2) is 18.5 Å². The Morgan fingerprint density at radius 3 is 2.33 bits per heavy atom. The van der Waals surface area contributed by atoms with Gasteiger partial charge in [-0.2, -0.15) is 0 Å². The number of hydrogen-bond donors (Lipinski definition) is 1. The van der Waals surface area contributed by atoms with Crippen molar-refractivity contribution in [3.8, 4) is 0 Å². The maximum Gasteiger partial charge on any atom is 0.391 e. The van der Waals surface area contributed by atoms with Gasteiger partial charge in [0, 0.05) is 13.3 Å². The van der Waals surface area contributed by atoms with Crippen LogP contribution in [0.4, 0.5) is 0 Å². The van der Waals surface area contributed by atoms with Crippen molar-refractivity contribution in [2.75, 3.05) is 13.2 Å². The van der Waals surface area contributed by atoms with Crippen molar-refractivity contribution in [3.63, 3.8) is 0 Å². The summed E-state index contributed by atoms with van der Waals surface area (Å²) in [5.41, 5.74) is 0. The van der Waals surface area contributed by atoms with Gasteiger partial charge in [-0.1, -0.05) is 0 Å². The Morgan fingerprint density at radius 2 is 2.00 bits per heavy atom. The van der Waals surface area contributed by atoms with Crippen LogP contribution in [0.5, 0.6) is 0 Å². The van der Waals surface area contributed by atoms with E-state index in [2.05, 4.69) is 0 Å². The number of hydroxylamine groups is 2. The summed E-state index contributed by atoms with van der Waals surface area (Å²) >= 11 is 0. The van der Waals surface area contributed by atoms with Crippen LogP contribution in [-0.2, 0) is 13.6 Å². The number of rotatable bonds is 5. The molecular formula is C9H18NO4P. The molecule has 0 amide bonds. The lowest BCUT2D eigenvalue weighted by atomic mass is 10.3. The van der Waals surface area contributed by atoms with Crippen molar-refractivity contribution in [2.24, 2.45) is 0 Å². The zero-order valence-corrected chi connectivity index (χ0v) is 10.3. The second kappa shape index (κ2) is 4.76. The normalized spacial score (nSPS) is 31.1. The van der Waals surface area contributed by atoms with Crippen LogP contribution in [0.2, 0.25) is 0 Å². The van der Waals surface area contributed by atoms with Crippen molar-refractivity contribution in [1.82, 2.24) is 0 Å². The quantitative estimate of drug-likeness (QED) is 0.575. The molecule has 5 nitrogen and oxygen atoms in total. The van der Waals surface area contributed by atoms with E-state index in [9.17, 15) is 9.77 Å². The largest absolute Gasteiger partial charge is 0.628 e. The van der Waals surface area contributed by atoms with Crippen LogP contribution in [0.25, 0.3) is 0 Å². The van der Waals surface area contributed by atoms with E-state index in [1.807, 2.05) is 0 Å². The first kappa shape index (κ1) is 12.9. The molecule has 0 saturated heterocycles. The highest BCUT2D eigenvalue weighted by molar-refractivity contribution is 7.55. The van der Waals surface area contributed by atoms with Gasteiger partial charge in [-0.05, 0) is 19.9 Å². The topological polar surface area (TPSA) is 63.0 Å². The molecule has 1 N–H and O–H groups in total. The molecule has 0 saturated carbocycles. The molecule has 0 radical (unpaired) electrons. The molecule has 0 spiro atoms. The molecule has 1 heterocycles. The van der Waals surface area contributed by atoms with Crippen LogP contribution < -0.4 is 5.06 Å². The molecule has 2 atom stereocenters. The Labute approximate surface area is 90.2 Å². The van der Waals surface area contributed by atoms with Gasteiger partial charge in [0.2, 0.25) is 5.28 Å². The van der Waals surface area contributed by atoms with Crippen LogP contribution in [0.1, 0.15) is 27.2 Å². The van der Waals surface area contributed by atoms with Gasteiger partial charge in [0.15, 0.2) is 0 Å². The summed E-state index contributed by atoms with van der Waals surface area (Å²) in [5, 5.41) is 10.5. The summed E-state index contributed by atoms with van der Waals surface area (Å²) in [7, 11) is -3.35. The predicted octanol–water partition coefficient (Wildman–Crippen LogP) is 1.27. The second-order valence-corrected chi connectivity index (χ2v) is 6.08. The highest BCUT2D eigenvalue weighted by atomic mass is 31.2. The maximum atomic E-state index is 12.4. The van der Waals surface area contributed by atoms with Crippen molar-refractivity contribution in [1.29, 1.82) is 0 Å². The van der Waals surface area contributed by atoms with Gasteiger partial charge in [0.25, 0.3) is 0 Å².